The molecule has 0 amide bonds. The van der Waals surface area contributed by atoms with Gasteiger partial charge in [0, 0.05) is 18.8 Å². The van der Waals surface area contributed by atoms with Gasteiger partial charge >= 0.3 is 0 Å². The number of halogens is 1. The molecule has 6 heteroatoms. The minimum Gasteiger partial charge on any atom is -0.399 e. The molecule has 0 aromatic heterocycles. The summed E-state index contributed by atoms with van der Waals surface area (Å²) in [6.07, 6.45) is 0. The Morgan fingerprint density at radius 2 is 2.11 bits per heavy atom. The zero-order valence-electron chi connectivity index (χ0n) is 10.5. The second kappa shape index (κ2) is 5.73. The Hall–Kier alpha value is -1.04. The molecule has 4 nitrogen and oxygen atoms in total. The number of hydrogen-bond acceptors (Lipinski definition) is 3. The molecule has 0 fully saturated rings. The lowest BCUT2D eigenvalue weighted by molar-refractivity contribution is 0.453. The Bertz CT molecular complexity index is 555. The van der Waals surface area contributed by atoms with Crippen molar-refractivity contribution in [3.05, 3.63) is 35.4 Å². The first-order valence-electron chi connectivity index (χ1n) is 5.48. The minimum atomic E-state index is -3.61. The van der Waals surface area contributed by atoms with Gasteiger partial charge in [-0.25, -0.2) is 8.42 Å². The molecule has 1 aromatic rings. The van der Waals surface area contributed by atoms with Crippen molar-refractivity contribution in [2.24, 2.45) is 0 Å². The van der Waals surface area contributed by atoms with E-state index in [4.69, 9.17) is 17.3 Å². The van der Waals surface area contributed by atoms with Crippen LogP contribution in [0.15, 0.2) is 35.2 Å². The Morgan fingerprint density at radius 3 is 2.56 bits per heavy atom. The van der Waals surface area contributed by atoms with Crippen molar-refractivity contribution >= 4 is 27.3 Å². The van der Waals surface area contributed by atoms with Gasteiger partial charge in [-0.3, -0.25) is 0 Å². The summed E-state index contributed by atoms with van der Waals surface area (Å²) in [6.45, 7) is 7.91. The van der Waals surface area contributed by atoms with Crippen LogP contribution in [0.1, 0.15) is 13.8 Å². The highest BCUT2D eigenvalue weighted by Gasteiger charge is 2.25. The highest BCUT2D eigenvalue weighted by atomic mass is 35.5. The van der Waals surface area contributed by atoms with Gasteiger partial charge in [0.1, 0.15) is 4.90 Å². The topological polar surface area (TPSA) is 63.4 Å². The van der Waals surface area contributed by atoms with Crippen molar-refractivity contribution in [1.29, 1.82) is 0 Å². The molecule has 0 radical (unpaired) electrons. The van der Waals surface area contributed by atoms with Crippen molar-refractivity contribution in [3.8, 4) is 0 Å². The number of hydrogen-bond donors (Lipinski definition) is 1. The smallest absolute Gasteiger partial charge is 0.244 e. The van der Waals surface area contributed by atoms with Crippen LogP contribution >= 0.6 is 11.6 Å². The predicted molar refractivity (Wildman–Crippen MR) is 75.1 cm³/mol. The zero-order valence-corrected chi connectivity index (χ0v) is 12.1. The number of sulfonamides is 1. The van der Waals surface area contributed by atoms with Crippen molar-refractivity contribution in [3.63, 3.8) is 0 Å². The van der Waals surface area contributed by atoms with Gasteiger partial charge in [0.25, 0.3) is 0 Å². The molecule has 0 aliphatic heterocycles. The van der Waals surface area contributed by atoms with Gasteiger partial charge in [-0.15, -0.1) is 0 Å². The maximum atomic E-state index is 12.4. The summed E-state index contributed by atoms with van der Waals surface area (Å²) in [5.74, 6) is 0. The largest absolute Gasteiger partial charge is 0.399 e. The molecule has 1 aromatic carbocycles. The molecular weight excluding hydrogens is 272 g/mol. The third-order valence-electron chi connectivity index (χ3n) is 2.37. The second-order valence-corrected chi connectivity index (χ2v) is 6.39. The van der Waals surface area contributed by atoms with E-state index in [0.29, 0.717) is 12.2 Å². The molecule has 100 valence electrons. The van der Waals surface area contributed by atoms with E-state index in [9.17, 15) is 8.42 Å². The lowest BCUT2D eigenvalue weighted by Gasteiger charge is -2.21. The van der Waals surface area contributed by atoms with Crippen LogP contribution in [-0.2, 0) is 10.0 Å². The summed E-state index contributed by atoms with van der Waals surface area (Å²) >= 11 is 5.94. The standard InChI is InChI=1S/C12H17ClN2O2S/c1-4-15(8-9(2)3)18(16,17)12-6-5-10(14)7-11(12)13/h5-7H,2,4,8,14H2,1,3H3. The van der Waals surface area contributed by atoms with E-state index in [-0.39, 0.29) is 16.5 Å². The van der Waals surface area contributed by atoms with Gasteiger partial charge in [0.15, 0.2) is 0 Å². The molecule has 1 rings (SSSR count). The van der Waals surface area contributed by atoms with Crippen molar-refractivity contribution in [1.82, 2.24) is 4.31 Å². The SMILES string of the molecule is C=C(C)CN(CC)S(=O)(=O)c1ccc(N)cc1Cl. The molecule has 0 aliphatic rings. The van der Waals surface area contributed by atoms with Crippen LogP contribution in [0, 0.1) is 0 Å². The van der Waals surface area contributed by atoms with E-state index >= 15 is 0 Å². The summed E-state index contributed by atoms with van der Waals surface area (Å²) in [6, 6.07) is 4.38. The van der Waals surface area contributed by atoms with Gasteiger partial charge in [-0.2, -0.15) is 4.31 Å². The van der Waals surface area contributed by atoms with Gasteiger partial charge in [-0.05, 0) is 25.1 Å². The third kappa shape index (κ3) is 3.25. The summed E-state index contributed by atoms with van der Waals surface area (Å²) < 4.78 is 26.1. The van der Waals surface area contributed by atoms with E-state index in [2.05, 4.69) is 6.58 Å². The lowest BCUT2D eigenvalue weighted by atomic mass is 10.3. The average Bonchev–Trinajstić information content (AvgIpc) is 2.24. The molecule has 0 unspecified atom stereocenters. The monoisotopic (exact) mass is 288 g/mol. The van der Waals surface area contributed by atoms with Crippen LogP contribution in [0.3, 0.4) is 0 Å². The van der Waals surface area contributed by atoms with E-state index in [1.165, 1.54) is 22.5 Å². The van der Waals surface area contributed by atoms with Gasteiger partial charge in [0.05, 0.1) is 5.02 Å². The maximum absolute atomic E-state index is 12.4. The number of nitrogen functional groups attached to an aromatic ring is 1. The van der Waals surface area contributed by atoms with Gasteiger partial charge < -0.3 is 5.73 Å². The Kier molecular flexibility index (Phi) is 4.78. The fourth-order valence-electron chi connectivity index (χ4n) is 1.53. The first kappa shape index (κ1) is 15.0. The van der Waals surface area contributed by atoms with Crippen LogP contribution < -0.4 is 5.73 Å². The highest BCUT2D eigenvalue weighted by molar-refractivity contribution is 7.89. The van der Waals surface area contributed by atoms with Crippen LogP contribution in [0.4, 0.5) is 5.69 Å². The number of rotatable bonds is 5. The molecular formula is C12H17ClN2O2S. The van der Waals surface area contributed by atoms with Crippen LogP contribution in [0.25, 0.3) is 0 Å². The molecule has 0 heterocycles. The molecule has 0 saturated heterocycles. The van der Waals surface area contributed by atoms with E-state index in [1.54, 1.807) is 13.8 Å². The maximum Gasteiger partial charge on any atom is 0.244 e. The number of likely N-dealkylation sites (N-methyl/N-ethyl adjacent to an activating group) is 1. The number of benzene rings is 1. The normalized spacial score (nSPS) is 11.8. The van der Waals surface area contributed by atoms with Crippen LogP contribution in [0.5, 0.6) is 0 Å². The lowest BCUT2D eigenvalue weighted by Crippen LogP contribution is -2.32. The van der Waals surface area contributed by atoms with Crippen molar-refractivity contribution in [2.45, 2.75) is 18.7 Å². The summed E-state index contributed by atoms with van der Waals surface area (Å²) in [5.41, 5.74) is 6.76. The summed E-state index contributed by atoms with van der Waals surface area (Å²) in [5, 5.41) is 0.134. The fraction of sp³-hybridized carbons (Fsp3) is 0.333. The van der Waals surface area contributed by atoms with E-state index < -0.39 is 10.0 Å². The first-order valence-corrected chi connectivity index (χ1v) is 7.30. The van der Waals surface area contributed by atoms with Crippen molar-refractivity contribution in [2.75, 3.05) is 18.8 Å². The van der Waals surface area contributed by atoms with Gasteiger partial charge in [-0.1, -0.05) is 30.7 Å². The summed E-state index contributed by atoms with van der Waals surface area (Å²) in [4.78, 5) is 0.0708. The molecule has 0 atom stereocenters. The third-order valence-corrected chi connectivity index (χ3v) is 4.78. The van der Waals surface area contributed by atoms with E-state index in [1.807, 2.05) is 0 Å². The first-order chi connectivity index (χ1) is 8.28. The molecule has 0 bridgehead atoms. The van der Waals surface area contributed by atoms with Crippen LogP contribution in [-0.4, -0.2) is 25.8 Å². The van der Waals surface area contributed by atoms with E-state index in [0.717, 1.165) is 5.57 Å². The average molecular weight is 289 g/mol. The molecule has 0 aliphatic carbocycles. The predicted octanol–water partition coefficient (Wildman–Crippen LogP) is 2.51. The van der Waals surface area contributed by atoms with Crippen LogP contribution in [0.2, 0.25) is 5.02 Å². The van der Waals surface area contributed by atoms with Gasteiger partial charge in [0.2, 0.25) is 10.0 Å². The molecule has 18 heavy (non-hydrogen) atoms. The Labute approximate surface area is 113 Å². The quantitative estimate of drug-likeness (QED) is 0.669. The molecule has 0 saturated carbocycles. The second-order valence-electron chi connectivity index (χ2n) is 4.08. The van der Waals surface area contributed by atoms with Crippen molar-refractivity contribution < 1.29 is 8.42 Å². The highest BCUT2D eigenvalue weighted by Crippen LogP contribution is 2.26. The minimum absolute atomic E-state index is 0.0708. The Balaban J connectivity index is 3.23. The number of anilines is 1. The molecule has 2 N–H and O–H groups in total. The fourth-order valence-corrected chi connectivity index (χ4v) is 3.57. The number of nitrogens with two attached hydrogens (primary N) is 1. The number of nitrogens with zero attached hydrogens (tertiary/aromatic N) is 1. The molecule has 0 spiro atoms. The Morgan fingerprint density at radius 1 is 1.50 bits per heavy atom. The zero-order chi connectivity index (χ0) is 13.9. The summed E-state index contributed by atoms with van der Waals surface area (Å²) in [7, 11) is -3.61.